The molecular formula is C22H22ClFN4O3. The van der Waals surface area contributed by atoms with Crippen molar-refractivity contribution in [3.63, 3.8) is 0 Å². The van der Waals surface area contributed by atoms with E-state index < -0.39 is 23.9 Å². The highest BCUT2D eigenvalue weighted by Crippen LogP contribution is 2.50. The van der Waals surface area contributed by atoms with Crippen LogP contribution < -0.4 is 26.1 Å². The van der Waals surface area contributed by atoms with Gasteiger partial charge in [-0.1, -0.05) is 23.7 Å². The second-order valence-electron chi connectivity index (χ2n) is 7.23. The molecule has 0 spiro atoms. The van der Waals surface area contributed by atoms with Crippen molar-refractivity contribution in [3.8, 4) is 17.6 Å². The number of benzene rings is 2. The third-order valence-corrected chi connectivity index (χ3v) is 5.94. The molecule has 2 aliphatic heterocycles. The van der Waals surface area contributed by atoms with E-state index in [9.17, 15) is 9.65 Å². The zero-order valence-corrected chi connectivity index (χ0v) is 17.7. The van der Waals surface area contributed by atoms with Crippen LogP contribution in [0.5, 0.6) is 11.5 Å². The lowest BCUT2D eigenvalue weighted by molar-refractivity contribution is 0.0336. The highest BCUT2D eigenvalue weighted by atomic mass is 35.5. The lowest BCUT2D eigenvalue weighted by atomic mass is 9.74. The molecule has 7 nitrogen and oxygen atoms in total. The maximum atomic E-state index is 14.9. The van der Waals surface area contributed by atoms with Crippen molar-refractivity contribution in [1.82, 2.24) is 10.9 Å². The molecule has 2 aromatic carbocycles. The van der Waals surface area contributed by atoms with E-state index >= 15 is 0 Å². The largest absolute Gasteiger partial charge is 0.493 e. The molecule has 4 rings (SSSR count). The summed E-state index contributed by atoms with van der Waals surface area (Å²) in [4.78, 5) is 0. The summed E-state index contributed by atoms with van der Waals surface area (Å²) in [5.41, 5.74) is 13.5. The number of allylic oxidation sites excluding steroid dienone is 1. The Bertz CT molecular complexity index is 1050. The molecule has 1 saturated heterocycles. The van der Waals surface area contributed by atoms with Crippen molar-refractivity contribution < 1.29 is 18.6 Å². The molecule has 0 aliphatic carbocycles. The molecule has 4 N–H and O–H groups in total. The number of nitriles is 1. The zero-order chi connectivity index (χ0) is 22.1. The van der Waals surface area contributed by atoms with Gasteiger partial charge in [-0.25, -0.2) is 15.2 Å². The average molecular weight is 445 g/mol. The van der Waals surface area contributed by atoms with E-state index in [1.54, 1.807) is 13.2 Å². The zero-order valence-electron chi connectivity index (χ0n) is 17.0. The number of nitrogens with zero attached hydrogens (tertiary/aromatic N) is 1. The van der Waals surface area contributed by atoms with Crippen molar-refractivity contribution >= 4 is 11.6 Å². The summed E-state index contributed by atoms with van der Waals surface area (Å²) in [5, 5.41) is 10.0. The first kappa shape index (κ1) is 21.2. The maximum absolute atomic E-state index is 14.9. The minimum Gasteiger partial charge on any atom is -0.493 e. The molecule has 0 bridgehead atoms. The number of rotatable bonds is 5. The van der Waals surface area contributed by atoms with Crippen LogP contribution in [0.15, 0.2) is 47.9 Å². The number of methoxy groups -OCH3 is 1. The van der Waals surface area contributed by atoms with Gasteiger partial charge >= 0.3 is 0 Å². The van der Waals surface area contributed by atoms with Crippen LogP contribution in [0.3, 0.4) is 0 Å². The predicted octanol–water partition coefficient (Wildman–Crippen LogP) is 3.49. The highest BCUT2D eigenvalue weighted by Gasteiger charge is 2.50. The normalized spacial score (nSPS) is 24.9. The van der Waals surface area contributed by atoms with Gasteiger partial charge in [-0.3, -0.25) is 0 Å². The summed E-state index contributed by atoms with van der Waals surface area (Å²) >= 11 is 6.39. The molecule has 0 aromatic heterocycles. The second kappa shape index (κ2) is 8.63. The van der Waals surface area contributed by atoms with Crippen LogP contribution in [0.4, 0.5) is 4.39 Å². The lowest BCUT2D eigenvalue weighted by Gasteiger charge is -2.36. The Labute approximate surface area is 184 Å². The Morgan fingerprint density at radius 3 is 2.74 bits per heavy atom. The van der Waals surface area contributed by atoms with Crippen LogP contribution >= 0.6 is 11.6 Å². The average Bonchev–Trinajstić information content (AvgIpc) is 3.17. The molecule has 9 heteroatoms. The third-order valence-electron chi connectivity index (χ3n) is 5.61. The van der Waals surface area contributed by atoms with Crippen molar-refractivity contribution in [2.45, 2.75) is 25.1 Å². The fourth-order valence-corrected chi connectivity index (χ4v) is 4.57. The van der Waals surface area contributed by atoms with Gasteiger partial charge in [0.05, 0.1) is 25.3 Å². The second-order valence-corrected chi connectivity index (χ2v) is 7.64. The molecule has 1 fully saturated rings. The Morgan fingerprint density at radius 1 is 1.26 bits per heavy atom. The van der Waals surface area contributed by atoms with E-state index in [4.69, 9.17) is 31.5 Å². The fourth-order valence-electron chi connectivity index (χ4n) is 4.29. The van der Waals surface area contributed by atoms with Gasteiger partial charge in [0.2, 0.25) is 5.88 Å². The Hall–Kier alpha value is -2.99. The number of fused-ring (bicyclic) bond motifs is 1. The SMILES string of the molecule is CCOc1ccc(C2NNC3OC(N)=C(C#N)C(c4c(F)cccc4Cl)C32)cc1OC. The maximum Gasteiger partial charge on any atom is 0.200 e. The summed E-state index contributed by atoms with van der Waals surface area (Å²) in [7, 11) is 1.56. The number of hydrogen-bond donors (Lipinski definition) is 3. The number of halogens is 2. The molecule has 4 atom stereocenters. The standard InChI is InChI=1S/C22H22ClFN4O3/c1-3-30-15-8-7-11(9-16(15)29-2)20-19-17(18-13(23)5-4-6-14(18)24)12(10-25)21(26)31-22(19)28-27-20/h4-9,17,19-20,22,27-28H,3,26H2,1-2H3. The van der Waals surface area contributed by atoms with Crippen LogP contribution in [0, 0.1) is 23.1 Å². The minimum absolute atomic E-state index is 0.0488. The van der Waals surface area contributed by atoms with Crippen LogP contribution in [0.2, 0.25) is 5.02 Å². The van der Waals surface area contributed by atoms with Gasteiger partial charge < -0.3 is 19.9 Å². The highest BCUT2D eigenvalue weighted by molar-refractivity contribution is 6.31. The first-order valence-electron chi connectivity index (χ1n) is 9.82. The number of hydrazine groups is 1. The van der Waals surface area contributed by atoms with E-state index in [0.717, 1.165) is 5.56 Å². The van der Waals surface area contributed by atoms with E-state index in [-0.39, 0.29) is 28.1 Å². The summed E-state index contributed by atoms with van der Waals surface area (Å²) in [6.07, 6.45) is -0.597. The van der Waals surface area contributed by atoms with Crippen molar-refractivity contribution in [3.05, 3.63) is 69.8 Å². The predicted molar refractivity (Wildman–Crippen MR) is 113 cm³/mol. The molecule has 0 radical (unpaired) electrons. The summed E-state index contributed by atoms with van der Waals surface area (Å²) in [6.45, 7) is 2.39. The molecule has 2 aromatic rings. The first-order chi connectivity index (χ1) is 15.0. The van der Waals surface area contributed by atoms with E-state index in [2.05, 4.69) is 16.9 Å². The molecule has 0 amide bonds. The number of ether oxygens (including phenoxy) is 3. The summed E-state index contributed by atoms with van der Waals surface area (Å²) in [6, 6.07) is 11.7. The van der Waals surface area contributed by atoms with Gasteiger partial charge in [0.1, 0.15) is 11.9 Å². The van der Waals surface area contributed by atoms with Gasteiger partial charge in [0.25, 0.3) is 0 Å². The summed E-state index contributed by atoms with van der Waals surface area (Å²) in [5.74, 6) is -0.508. The van der Waals surface area contributed by atoms with E-state index in [0.29, 0.717) is 18.1 Å². The van der Waals surface area contributed by atoms with Gasteiger partial charge in [0, 0.05) is 22.4 Å². The van der Waals surface area contributed by atoms with Crippen LogP contribution in [-0.2, 0) is 4.74 Å². The molecule has 31 heavy (non-hydrogen) atoms. The molecule has 2 heterocycles. The van der Waals surface area contributed by atoms with E-state index in [1.165, 1.54) is 12.1 Å². The van der Waals surface area contributed by atoms with Gasteiger partial charge in [-0.15, -0.1) is 0 Å². The Balaban J connectivity index is 1.83. The van der Waals surface area contributed by atoms with Crippen molar-refractivity contribution in [2.75, 3.05) is 13.7 Å². The Morgan fingerprint density at radius 2 is 2.06 bits per heavy atom. The molecular weight excluding hydrogens is 423 g/mol. The molecule has 2 aliphatic rings. The Kier molecular flexibility index (Phi) is 5.92. The van der Waals surface area contributed by atoms with Gasteiger partial charge in [-0.2, -0.15) is 5.26 Å². The third kappa shape index (κ3) is 3.65. The topological polar surface area (TPSA) is 102 Å². The van der Waals surface area contributed by atoms with Crippen LogP contribution in [0.1, 0.15) is 30.0 Å². The quantitative estimate of drug-likeness (QED) is 0.648. The monoisotopic (exact) mass is 444 g/mol. The molecule has 162 valence electrons. The van der Waals surface area contributed by atoms with Gasteiger partial charge in [0.15, 0.2) is 17.7 Å². The van der Waals surface area contributed by atoms with E-state index in [1.807, 2.05) is 25.1 Å². The van der Waals surface area contributed by atoms with Gasteiger partial charge in [-0.05, 0) is 36.8 Å². The fraction of sp³-hybridized carbons (Fsp3) is 0.318. The molecule has 0 saturated carbocycles. The minimum atomic E-state index is -0.720. The molecule has 4 unspecified atom stereocenters. The van der Waals surface area contributed by atoms with Crippen molar-refractivity contribution in [1.29, 1.82) is 5.26 Å². The van der Waals surface area contributed by atoms with Crippen molar-refractivity contribution in [2.24, 2.45) is 11.7 Å². The number of hydrogen-bond acceptors (Lipinski definition) is 7. The van der Waals surface area contributed by atoms with Crippen LogP contribution in [-0.4, -0.2) is 19.9 Å². The summed E-state index contributed by atoms with van der Waals surface area (Å²) < 4.78 is 31.8. The first-order valence-corrected chi connectivity index (χ1v) is 10.2. The van der Waals surface area contributed by atoms with Crippen LogP contribution in [0.25, 0.3) is 0 Å². The smallest absolute Gasteiger partial charge is 0.200 e. The number of nitrogens with two attached hydrogens (primary N) is 1. The lowest BCUT2D eigenvalue weighted by Crippen LogP contribution is -2.41. The number of nitrogens with one attached hydrogen (secondary N) is 2.